The Morgan fingerprint density at radius 1 is 0.895 bits per heavy atom. The molecular formula is C16H12Cl2O. The Morgan fingerprint density at radius 3 is 1.53 bits per heavy atom. The van der Waals surface area contributed by atoms with Crippen molar-refractivity contribution >= 4 is 23.2 Å². The molecule has 2 aromatic carbocycles. The van der Waals surface area contributed by atoms with Gasteiger partial charge in [-0.05, 0) is 24.3 Å². The molecule has 0 fully saturated rings. The second-order valence-corrected chi connectivity index (χ2v) is 4.92. The van der Waals surface area contributed by atoms with E-state index in [2.05, 4.69) is 5.92 Å². The summed E-state index contributed by atoms with van der Waals surface area (Å²) in [5.41, 5.74) is 0.767. The zero-order valence-electron chi connectivity index (χ0n) is 10.4. The highest BCUT2D eigenvalue weighted by Crippen LogP contribution is 2.33. The van der Waals surface area contributed by atoms with Gasteiger partial charge in [0, 0.05) is 28.3 Å². The fourth-order valence-corrected chi connectivity index (χ4v) is 2.25. The topological polar surface area (TPSA) is 9.23 Å². The highest BCUT2D eigenvalue weighted by atomic mass is 35.5. The van der Waals surface area contributed by atoms with Crippen molar-refractivity contribution in [1.82, 2.24) is 0 Å². The molecule has 0 saturated carbocycles. The van der Waals surface area contributed by atoms with E-state index >= 15 is 0 Å². The summed E-state index contributed by atoms with van der Waals surface area (Å²) in [4.78, 5) is 0. The number of hydrogen-bond donors (Lipinski definition) is 0. The maximum Gasteiger partial charge on any atom is 0.179 e. The molecule has 0 amide bonds. The molecule has 0 saturated heterocycles. The molecule has 0 unspecified atom stereocenters. The smallest absolute Gasteiger partial charge is 0.179 e. The molecular weight excluding hydrogens is 279 g/mol. The zero-order valence-corrected chi connectivity index (χ0v) is 11.9. The Hall–Kier alpha value is -1.46. The normalized spacial score (nSPS) is 11.1. The van der Waals surface area contributed by atoms with Gasteiger partial charge in [0.15, 0.2) is 5.60 Å². The number of methoxy groups -OCH3 is 1. The van der Waals surface area contributed by atoms with Gasteiger partial charge in [0.1, 0.15) is 0 Å². The van der Waals surface area contributed by atoms with Crippen LogP contribution in [0.25, 0.3) is 0 Å². The van der Waals surface area contributed by atoms with Crippen molar-refractivity contribution in [3.63, 3.8) is 0 Å². The Labute approximate surface area is 123 Å². The largest absolute Gasteiger partial charge is 0.357 e. The summed E-state index contributed by atoms with van der Waals surface area (Å²) in [5.74, 6) is 2.73. The van der Waals surface area contributed by atoms with E-state index in [4.69, 9.17) is 34.4 Å². The van der Waals surface area contributed by atoms with Crippen LogP contribution in [0.15, 0.2) is 48.5 Å². The van der Waals surface area contributed by atoms with E-state index in [1.165, 1.54) is 0 Å². The summed E-state index contributed by atoms with van der Waals surface area (Å²) >= 11 is 11.8. The van der Waals surface area contributed by atoms with E-state index in [-0.39, 0.29) is 0 Å². The number of halogens is 2. The summed E-state index contributed by atoms with van der Waals surface area (Å²) in [6, 6.07) is 14.6. The van der Waals surface area contributed by atoms with Crippen molar-refractivity contribution in [2.45, 2.75) is 5.60 Å². The van der Waals surface area contributed by atoms with Gasteiger partial charge >= 0.3 is 0 Å². The lowest BCUT2D eigenvalue weighted by Crippen LogP contribution is -2.28. The van der Waals surface area contributed by atoms with E-state index < -0.39 is 5.60 Å². The van der Waals surface area contributed by atoms with Crippen molar-refractivity contribution in [2.75, 3.05) is 7.11 Å². The first kappa shape index (κ1) is 14.0. The first-order chi connectivity index (χ1) is 9.12. The van der Waals surface area contributed by atoms with E-state index in [9.17, 15) is 0 Å². The molecule has 0 radical (unpaired) electrons. The second kappa shape index (κ2) is 5.67. The van der Waals surface area contributed by atoms with Crippen LogP contribution in [0.4, 0.5) is 0 Å². The summed E-state index contributed by atoms with van der Waals surface area (Å²) in [6.07, 6.45) is 5.72. The molecule has 3 heteroatoms. The fourth-order valence-electron chi connectivity index (χ4n) is 2.00. The number of benzene rings is 2. The highest BCUT2D eigenvalue weighted by molar-refractivity contribution is 6.30. The molecule has 1 nitrogen and oxygen atoms in total. The molecule has 0 spiro atoms. The van der Waals surface area contributed by atoms with Crippen LogP contribution in [0.1, 0.15) is 11.1 Å². The van der Waals surface area contributed by atoms with Crippen LogP contribution in [0.2, 0.25) is 10.0 Å². The van der Waals surface area contributed by atoms with Crippen molar-refractivity contribution in [3.8, 4) is 12.3 Å². The van der Waals surface area contributed by atoms with E-state index in [1.807, 2.05) is 24.3 Å². The Bertz CT molecular complexity index is 549. The lowest BCUT2D eigenvalue weighted by Gasteiger charge is -2.28. The SMILES string of the molecule is C#CC(OC)(c1ccc(Cl)cc1)c1ccc(Cl)cc1. The molecule has 0 bridgehead atoms. The molecule has 2 aromatic rings. The van der Waals surface area contributed by atoms with Gasteiger partial charge in [0.05, 0.1) is 0 Å². The maximum atomic E-state index is 5.91. The lowest BCUT2D eigenvalue weighted by atomic mass is 9.87. The van der Waals surface area contributed by atoms with E-state index in [1.54, 1.807) is 31.4 Å². The summed E-state index contributed by atoms with van der Waals surface area (Å²) in [5, 5.41) is 1.31. The van der Waals surface area contributed by atoms with Gasteiger partial charge in [0.25, 0.3) is 0 Å². The van der Waals surface area contributed by atoms with Crippen molar-refractivity contribution < 1.29 is 4.74 Å². The molecule has 0 heterocycles. The Balaban J connectivity index is 2.58. The van der Waals surface area contributed by atoms with Gasteiger partial charge in [-0.3, -0.25) is 0 Å². The van der Waals surface area contributed by atoms with Crippen LogP contribution in [0.3, 0.4) is 0 Å². The Kier molecular flexibility index (Phi) is 4.17. The van der Waals surface area contributed by atoms with Crippen LogP contribution in [-0.4, -0.2) is 7.11 Å². The first-order valence-corrected chi connectivity index (χ1v) is 6.43. The minimum Gasteiger partial charge on any atom is -0.357 e. The third kappa shape index (κ3) is 2.62. The molecule has 0 aliphatic heterocycles. The standard InChI is InChI=1S/C16H12Cl2O/c1-3-16(19-2,12-4-8-14(17)9-5-12)13-6-10-15(18)11-7-13/h1,4-11H,2H3. The highest BCUT2D eigenvalue weighted by Gasteiger charge is 2.32. The van der Waals surface area contributed by atoms with Crippen LogP contribution in [0, 0.1) is 12.3 Å². The average molecular weight is 291 g/mol. The van der Waals surface area contributed by atoms with Gasteiger partial charge in [-0.15, -0.1) is 6.42 Å². The lowest BCUT2D eigenvalue weighted by molar-refractivity contribution is 0.0744. The maximum absolute atomic E-state index is 5.91. The van der Waals surface area contributed by atoms with E-state index in [0.29, 0.717) is 10.0 Å². The molecule has 0 aliphatic rings. The fraction of sp³-hybridized carbons (Fsp3) is 0.125. The number of rotatable bonds is 3. The number of hydrogen-bond acceptors (Lipinski definition) is 1. The molecule has 0 atom stereocenters. The molecule has 2 rings (SSSR count). The third-order valence-corrected chi connectivity index (χ3v) is 3.51. The predicted octanol–water partition coefficient (Wildman–Crippen LogP) is 4.52. The van der Waals surface area contributed by atoms with Crippen LogP contribution in [0.5, 0.6) is 0 Å². The summed E-state index contributed by atoms with van der Waals surface area (Å²) in [6.45, 7) is 0. The minimum atomic E-state index is -0.935. The molecule has 19 heavy (non-hydrogen) atoms. The summed E-state index contributed by atoms with van der Waals surface area (Å²) in [7, 11) is 1.59. The number of ether oxygens (including phenoxy) is 1. The van der Waals surface area contributed by atoms with Gasteiger partial charge in [0.2, 0.25) is 0 Å². The zero-order chi connectivity index (χ0) is 13.9. The van der Waals surface area contributed by atoms with Gasteiger partial charge in [-0.1, -0.05) is 53.4 Å². The second-order valence-electron chi connectivity index (χ2n) is 4.04. The van der Waals surface area contributed by atoms with Crippen molar-refractivity contribution in [1.29, 1.82) is 0 Å². The molecule has 96 valence electrons. The third-order valence-electron chi connectivity index (χ3n) is 3.01. The van der Waals surface area contributed by atoms with Gasteiger partial charge in [-0.25, -0.2) is 0 Å². The van der Waals surface area contributed by atoms with Crippen LogP contribution >= 0.6 is 23.2 Å². The van der Waals surface area contributed by atoms with Crippen molar-refractivity contribution in [3.05, 3.63) is 69.7 Å². The minimum absolute atomic E-state index is 0.655. The number of terminal acetylenes is 1. The first-order valence-electron chi connectivity index (χ1n) is 5.67. The average Bonchev–Trinajstić information content (AvgIpc) is 2.44. The quantitative estimate of drug-likeness (QED) is 0.756. The van der Waals surface area contributed by atoms with Crippen LogP contribution < -0.4 is 0 Å². The molecule has 0 aromatic heterocycles. The predicted molar refractivity (Wildman–Crippen MR) is 79.5 cm³/mol. The monoisotopic (exact) mass is 290 g/mol. The van der Waals surface area contributed by atoms with Gasteiger partial charge in [-0.2, -0.15) is 0 Å². The van der Waals surface area contributed by atoms with Crippen LogP contribution in [-0.2, 0) is 10.3 Å². The van der Waals surface area contributed by atoms with E-state index in [0.717, 1.165) is 11.1 Å². The van der Waals surface area contributed by atoms with Crippen molar-refractivity contribution in [2.24, 2.45) is 0 Å². The van der Waals surface area contributed by atoms with Gasteiger partial charge < -0.3 is 4.74 Å². The summed E-state index contributed by atoms with van der Waals surface area (Å²) < 4.78 is 5.62. The Morgan fingerprint density at radius 2 is 1.26 bits per heavy atom. The molecule has 0 aliphatic carbocycles. The molecule has 0 N–H and O–H groups in total.